The number of benzene rings is 1. The Morgan fingerprint density at radius 2 is 2.00 bits per heavy atom. The van der Waals surface area contributed by atoms with Crippen LogP contribution in [0.5, 0.6) is 0 Å². The average Bonchev–Trinajstić information content (AvgIpc) is 2.29. The molecule has 0 atom stereocenters. The van der Waals surface area contributed by atoms with Crippen LogP contribution in [0.3, 0.4) is 0 Å². The van der Waals surface area contributed by atoms with Crippen molar-refractivity contribution >= 4 is 29.1 Å². The minimum absolute atomic E-state index is 0.726. The Kier molecular flexibility index (Phi) is 4.42. The lowest BCUT2D eigenvalue weighted by Crippen LogP contribution is -2.08. The quantitative estimate of drug-likeness (QED) is 0.806. The molecule has 1 saturated carbocycles. The third-order valence-electron chi connectivity index (χ3n) is 3.13. The first kappa shape index (κ1) is 12.1. The molecule has 0 amide bonds. The third-order valence-corrected chi connectivity index (χ3v) is 4.79. The van der Waals surface area contributed by atoms with E-state index >= 15 is 0 Å². The van der Waals surface area contributed by atoms with Gasteiger partial charge in [0, 0.05) is 21.7 Å². The molecule has 0 bridgehead atoms. The number of hydrogen-bond donors (Lipinski definition) is 1. The van der Waals surface area contributed by atoms with Crippen molar-refractivity contribution in [3.8, 4) is 0 Å². The molecule has 2 rings (SSSR count). The number of rotatable bonds is 3. The van der Waals surface area contributed by atoms with Crippen molar-refractivity contribution < 1.29 is 0 Å². The van der Waals surface area contributed by atoms with Gasteiger partial charge >= 0.3 is 0 Å². The van der Waals surface area contributed by atoms with E-state index in [0.29, 0.717) is 0 Å². The summed E-state index contributed by atoms with van der Waals surface area (Å²) in [4.78, 5) is 0. The monoisotopic (exact) mass is 255 g/mol. The fourth-order valence-corrected chi connectivity index (χ4v) is 3.66. The second-order valence-electron chi connectivity index (χ2n) is 4.41. The summed E-state index contributed by atoms with van der Waals surface area (Å²) in [5, 5.41) is 1.56. The maximum atomic E-state index is 5.94. The van der Waals surface area contributed by atoms with E-state index in [0.717, 1.165) is 21.7 Å². The van der Waals surface area contributed by atoms with Gasteiger partial charge in [-0.3, -0.25) is 0 Å². The first-order chi connectivity index (χ1) is 7.75. The van der Waals surface area contributed by atoms with E-state index in [2.05, 4.69) is 0 Å². The van der Waals surface area contributed by atoms with E-state index in [1.54, 1.807) is 0 Å². The molecule has 0 unspecified atom stereocenters. The summed E-state index contributed by atoms with van der Waals surface area (Å²) in [6, 6.07) is 5.82. The van der Waals surface area contributed by atoms with E-state index in [9.17, 15) is 0 Å². The predicted octanol–water partition coefficient (Wildman–Crippen LogP) is 4.49. The number of nitrogen functional groups attached to an aromatic ring is 1. The highest BCUT2D eigenvalue weighted by atomic mass is 35.5. The largest absolute Gasteiger partial charge is 0.398 e. The lowest BCUT2D eigenvalue weighted by Gasteiger charge is -2.21. The van der Waals surface area contributed by atoms with Crippen molar-refractivity contribution in [2.24, 2.45) is 0 Å². The summed E-state index contributed by atoms with van der Waals surface area (Å²) in [6.45, 7) is 0. The Morgan fingerprint density at radius 1 is 1.25 bits per heavy atom. The summed E-state index contributed by atoms with van der Waals surface area (Å²) < 4.78 is 0. The van der Waals surface area contributed by atoms with Crippen molar-refractivity contribution in [3.63, 3.8) is 0 Å². The lowest BCUT2D eigenvalue weighted by atomic mass is 10.0. The normalized spacial score (nSPS) is 17.6. The van der Waals surface area contributed by atoms with E-state index in [1.807, 2.05) is 30.0 Å². The summed E-state index contributed by atoms with van der Waals surface area (Å²) in [5.41, 5.74) is 7.99. The maximum absolute atomic E-state index is 5.94. The predicted molar refractivity (Wildman–Crippen MR) is 74.0 cm³/mol. The minimum Gasteiger partial charge on any atom is -0.398 e. The molecule has 3 heteroatoms. The molecule has 0 heterocycles. The first-order valence-electron chi connectivity index (χ1n) is 5.91. The topological polar surface area (TPSA) is 26.0 Å². The Balaban J connectivity index is 1.88. The summed E-state index contributed by atoms with van der Waals surface area (Å²) in [6.07, 6.45) is 6.96. The van der Waals surface area contributed by atoms with Crippen LogP contribution in [0.2, 0.25) is 5.02 Å². The number of halogens is 1. The van der Waals surface area contributed by atoms with E-state index < -0.39 is 0 Å². The highest BCUT2D eigenvalue weighted by molar-refractivity contribution is 7.99. The standard InChI is InChI=1S/C13H18ClNS/c14-11-7-6-10(13(15)8-11)9-16-12-4-2-1-3-5-12/h6-8,12H,1-5,9,15H2. The van der Waals surface area contributed by atoms with Crippen LogP contribution in [0.25, 0.3) is 0 Å². The van der Waals surface area contributed by atoms with Gasteiger partial charge in [0.05, 0.1) is 0 Å². The van der Waals surface area contributed by atoms with Crippen LogP contribution in [-0.4, -0.2) is 5.25 Å². The number of thioether (sulfide) groups is 1. The molecule has 1 aliphatic carbocycles. The molecular formula is C13H18ClNS. The third kappa shape index (κ3) is 3.33. The van der Waals surface area contributed by atoms with Crippen LogP contribution in [-0.2, 0) is 5.75 Å². The molecule has 0 aliphatic heterocycles. The molecule has 16 heavy (non-hydrogen) atoms. The molecule has 88 valence electrons. The van der Waals surface area contributed by atoms with Crippen LogP contribution < -0.4 is 5.73 Å². The van der Waals surface area contributed by atoms with Crippen LogP contribution >= 0.6 is 23.4 Å². The summed E-state index contributed by atoms with van der Waals surface area (Å²) in [7, 11) is 0. The number of hydrogen-bond acceptors (Lipinski definition) is 2. The van der Waals surface area contributed by atoms with Gasteiger partial charge < -0.3 is 5.73 Å². The zero-order valence-corrected chi connectivity index (χ0v) is 11.0. The molecule has 0 saturated heterocycles. The van der Waals surface area contributed by atoms with Crippen LogP contribution in [0.4, 0.5) is 5.69 Å². The van der Waals surface area contributed by atoms with Gasteiger partial charge in [-0.15, -0.1) is 0 Å². The zero-order chi connectivity index (χ0) is 11.4. The second kappa shape index (κ2) is 5.83. The molecule has 1 fully saturated rings. The van der Waals surface area contributed by atoms with Gasteiger partial charge in [-0.05, 0) is 30.5 Å². The Bertz CT molecular complexity index is 348. The van der Waals surface area contributed by atoms with Crippen molar-refractivity contribution in [2.75, 3.05) is 5.73 Å². The van der Waals surface area contributed by atoms with E-state index in [4.69, 9.17) is 17.3 Å². The van der Waals surface area contributed by atoms with Crippen LogP contribution in [0, 0.1) is 0 Å². The first-order valence-corrected chi connectivity index (χ1v) is 7.34. The Morgan fingerprint density at radius 3 is 2.69 bits per heavy atom. The molecular weight excluding hydrogens is 238 g/mol. The van der Waals surface area contributed by atoms with Crippen LogP contribution in [0.1, 0.15) is 37.7 Å². The second-order valence-corrected chi connectivity index (χ2v) is 6.14. The molecule has 1 nitrogen and oxygen atoms in total. The highest BCUT2D eigenvalue weighted by Crippen LogP contribution is 2.32. The number of nitrogens with two attached hydrogens (primary N) is 1. The minimum atomic E-state index is 0.726. The van der Waals surface area contributed by atoms with Gasteiger partial charge in [-0.25, -0.2) is 0 Å². The van der Waals surface area contributed by atoms with Gasteiger partial charge in [-0.2, -0.15) is 11.8 Å². The summed E-state index contributed by atoms with van der Waals surface area (Å²) in [5.74, 6) is 1.02. The molecule has 1 aromatic rings. The van der Waals surface area contributed by atoms with Gasteiger partial charge in [0.1, 0.15) is 0 Å². The summed E-state index contributed by atoms with van der Waals surface area (Å²) >= 11 is 7.93. The van der Waals surface area contributed by atoms with Crippen LogP contribution in [0.15, 0.2) is 18.2 Å². The van der Waals surface area contributed by atoms with Gasteiger partial charge in [0.2, 0.25) is 0 Å². The highest BCUT2D eigenvalue weighted by Gasteiger charge is 2.14. The van der Waals surface area contributed by atoms with Gasteiger partial charge in [0.25, 0.3) is 0 Å². The Hall–Kier alpha value is -0.340. The molecule has 1 aliphatic rings. The molecule has 0 radical (unpaired) electrons. The van der Waals surface area contributed by atoms with Crippen molar-refractivity contribution in [3.05, 3.63) is 28.8 Å². The average molecular weight is 256 g/mol. The fourth-order valence-electron chi connectivity index (χ4n) is 2.14. The van der Waals surface area contributed by atoms with Crippen molar-refractivity contribution in [2.45, 2.75) is 43.1 Å². The van der Waals surface area contributed by atoms with Gasteiger partial charge in [-0.1, -0.05) is 36.9 Å². The maximum Gasteiger partial charge on any atom is 0.0426 e. The number of anilines is 1. The van der Waals surface area contributed by atoms with Gasteiger partial charge in [0.15, 0.2) is 0 Å². The molecule has 1 aromatic carbocycles. The Labute approximate surface area is 107 Å². The zero-order valence-electron chi connectivity index (χ0n) is 9.42. The molecule has 2 N–H and O–H groups in total. The smallest absolute Gasteiger partial charge is 0.0426 e. The molecule has 0 spiro atoms. The van der Waals surface area contributed by atoms with Crippen molar-refractivity contribution in [1.29, 1.82) is 0 Å². The van der Waals surface area contributed by atoms with E-state index in [1.165, 1.54) is 37.7 Å². The SMILES string of the molecule is Nc1cc(Cl)ccc1CSC1CCCCC1. The fraction of sp³-hybridized carbons (Fsp3) is 0.538. The van der Waals surface area contributed by atoms with E-state index in [-0.39, 0.29) is 0 Å². The molecule has 0 aromatic heterocycles. The lowest BCUT2D eigenvalue weighted by molar-refractivity contribution is 0.516. The van der Waals surface area contributed by atoms with Crippen molar-refractivity contribution in [1.82, 2.24) is 0 Å².